The molecule has 0 bridgehead atoms. The molecule has 1 aromatic rings. The molecule has 0 fully saturated rings. The van der Waals surface area contributed by atoms with Crippen molar-refractivity contribution in [2.24, 2.45) is 5.14 Å². The highest BCUT2D eigenvalue weighted by Crippen LogP contribution is 2.28. The first-order chi connectivity index (χ1) is 8.25. The van der Waals surface area contributed by atoms with E-state index < -0.39 is 32.3 Å². The third-order valence-electron chi connectivity index (χ3n) is 1.75. The van der Waals surface area contributed by atoms with Crippen molar-refractivity contribution in [3.05, 3.63) is 34.3 Å². The minimum Gasteiger partial charge on any atom is -0.483 e. The van der Waals surface area contributed by atoms with Crippen molar-refractivity contribution in [3.8, 4) is 5.75 Å². The summed E-state index contributed by atoms with van der Waals surface area (Å²) in [5, 5.41) is 4.82. The summed E-state index contributed by atoms with van der Waals surface area (Å²) in [6.45, 7) is -0.379. The van der Waals surface area contributed by atoms with Crippen molar-refractivity contribution in [3.63, 3.8) is 0 Å². The standard InChI is InChI=1S/C9H7Cl2F2NO3S/c10-3-5(11)4-17-9-7(13)1-6(12)2-8(9)18(14,15)16/h1-3H,4H2,(H2,14,15,16)/b5-3-. The Morgan fingerprint density at radius 3 is 2.56 bits per heavy atom. The topological polar surface area (TPSA) is 69.4 Å². The molecular weight excluding hydrogens is 311 g/mol. The third-order valence-corrected chi connectivity index (χ3v) is 3.26. The molecule has 0 aliphatic rings. The van der Waals surface area contributed by atoms with Crippen LogP contribution < -0.4 is 9.88 Å². The Morgan fingerprint density at radius 1 is 1.44 bits per heavy atom. The first-order valence-corrected chi connectivity index (χ1v) is 6.71. The Hall–Kier alpha value is -0.890. The van der Waals surface area contributed by atoms with Gasteiger partial charge in [-0.1, -0.05) is 23.2 Å². The van der Waals surface area contributed by atoms with Gasteiger partial charge in [0.15, 0.2) is 11.6 Å². The average molecular weight is 318 g/mol. The molecule has 100 valence electrons. The van der Waals surface area contributed by atoms with E-state index in [-0.39, 0.29) is 11.6 Å². The van der Waals surface area contributed by atoms with Gasteiger partial charge in [0.25, 0.3) is 0 Å². The number of primary sulfonamides is 1. The highest BCUT2D eigenvalue weighted by molar-refractivity contribution is 7.89. The van der Waals surface area contributed by atoms with Gasteiger partial charge >= 0.3 is 0 Å². The molecule has 0 aliphatic carbocycles. The monoisotopic (exact) mass is 317 g/mol. The number of halogens is 4. The van der Waals surface area contributed by atoms with Gasteiger partial charge in [-0.05, 0) is 6.07 Å². The van der Waals surface area contributed by atoms with Crippen LogP contribution in [0.4, 0.5) is 8.78 Å². The Labute approximate surface area is 112 Å². The smallest absolute Gasteiger partial charge is 0.241 e. The molecule has 0 unspecified atom stereocenters. The van der Waals surface area contributed by atoms with Crippen LogP contribution in [0.3, 0.4) is 0 Å². The zero-order valence-corrected chi connectivity index (χ0v) is 11.0. The minimum atomic E-state index is -4.33. The molecule has 0 radical (unpaired) electrons. The number of benzene rings is 1. The largest absolute Gasteiger partial charge is 0.483 e. The Balaban J connectivity index is 3.25. The molecule has 0 aromatic heterocycles. The minimum absolute atomic E-state index is 0.000705. The molecule has 0 saturated heterocycles. The molecule has 0 spiro atoms. The molecule has 4 nitrogen and oxygen atoms in total. The molecule has 18 heavy (non-hydrogen) atoms. The highest BCUT2D eigenvalue weighted by Gasteiger charge is 2.21. The molecule has 9 heteroatoms. The summed E-state index contributed by atoms with van der Waals surface area (Å²) in [5.74, 6) is -3.02. The summed E-state index contributed by atoms with van der Waals surface area (Å²) >= 11 is 10.7. The van der Waals surface area contributed by atoms with Gasteiger partial charge in [-0.2, -0.15) is 0 Å². The lowest BCUT2D eigenvalue weighted by atomic mass is 10.3. The maximum absolute atomic E-state index is 13.4. The fourth-order valence-electron chi connectivity index (χ4n) is 1.06. The van der Waals surface area contributed by atoms with E-state index >= 15 is 0 Å². The van der Waals surface area contributed by atoms with Crippen LogP contribution in [0.2, 0.25) is 0 Å². The molecule has 0 atom stereocenters. The molecule has 2 N–H and O–H groups in total. The van der Waals surface area contributed by atoms with Gasteiger partial charge in [0.1, 0.15) is 17.3 Å². The zero-order chi connectivity index (χ0) is 13.9. The van der Waals surface area contributed by atoms with E-state index in [1.54, 1.807) is 0 Å². The molecule has 0 saturated carbocycles. The lowest BCUT2D eigenvalue weighted by molar-refractivity contribution is 0.326. The number of rotatable bonds is 4. The van der Waals surface area contributed by atoms with Gasteiger partial charge in [0, 0.05) is 11.6 Å². The Morgan fingerprint density at radius 2 is 2.06 bits per heavy atom. The van der Waals surface area contributed by atoms with Gasteiger partial charge in [-0.15, -0.1) is 0 Å². The van der Waals surface area contributed by atoms with E-state index in [1.165, 1.54) is 0 Å². The third kappa shape index (κ3) is 3.81. The summed E-state index contributed by atoms with van der Waals surface area (Å²) in [6.07, 6.45) is 0. The highest BCUT2D eigenvalue weighted by atomic mass is 35.5. The molecular formula is C9H7Cl2F2NO3S. The zero-order valence-electron chi connectivity index (χ0n) is 8.66. The number of hydrogen-bond acceptors (Lipinski definition) is 3. The number of sulfonamides is 1. The second kappa shape index (κ2) is 5.83. The van der Waals surface area contributed by atoms with Gasteiger partial charge in [0.2, 0.25) is 10.0 Å². The fourth-order valence-corrected chi connectivity index (χ4v) is 1.87. The van der Waals surface area contributed by atoms with Crippen molar-refractivity contribution in [2.45, 2.75) is 4.90 Å². The molecule has 1 aromatic carbocycles. The maximum atomic E-state index is 13.4. The SMILES string of the molecule is NS(=O)(=O)c1cc(F)cc(F)c1OC/C(Cl)=C/Cl. The predicted octanol–water partition coefficient (Wildman–Crippen LogP) is 2.31. The summed E-state index contributed by atoms with van der Waals surface area (Å²) in [7, 11) is -4.33. The van der Waals surface area contributed by atoms with Crippen LogP contribution in [0.15, 0.2) is 27.6 Å². The van der Waals surface area contributed by atoms with Crippen LogP contribution in [0.25, 0.3) is 0 Å². The summed E-state index contributed by atoms with van der Waals surface area (Å²) < 4.78 is 53.5. The van der Waals surface area contributed by atoms with Crippen LogP contribution >= 0.6 is 23.2 Å². The lowest BCUT2D eigenvalue weighted by Crippen LogP contribution is -2.15. The van der Waals surface area contributed by atoms with E-state index in [1.807, 2.05) is 0 Å². The number of ether oxygens (including phenoxy) is 1. The number of hydrogen-bond donors (Lipinski definition) is 1. The van der Waals surface area contributed by atoms with E-state index in [9.17, 15) is 17.2 Å². The quantitative estimate of drug-likeness (QED) is 0.926. The number of nitrogens with two attached hydrogens (primary N) is 1. The normalized spacial score (nSPS) is 12.6. The van der Waals surface area contributed by atoms with E-state index in [4.69, 9.17) is 33.1 Å². The average Bonchev–Trinajstić information content (AvgIpc) is 2.25. The van der Waals surface area contributed by atoms with Crippen molar-refractivity contribution in [2.75, 3.05) is 6.61 Å². The van der Waals surface area contributed by atoms with Gasteiger partial charge < -0.3 is 4.74 Å². The van der Waals surface area contributed by atoms with Crippen LogP contribution in [0.1, 0.15) is 0 Å². The van der Waals surface area contributed by atoms with E-state index in [0.717, 1.165) is 5.54 Å². The molecule has 0 heterocycles. The fraction of sp³-hybridized carbons (Fsp3) is 0.111. The van der Waals surface area contributed by atoms with Gasteiger partial charge in [-0.3, -0.25) is 0 Å². The van der Waals surface area contributed by atoms with Crippen LogP contribution in [-0.4, -0.2) is 15.0 Å². The van der Waals surface area contributed by atoms with Crippen LogP contribution in [0.5, 0.6) is 5.75 Å². The first-order valence-electron chi connectivity index (χ1n) is 4.35. The second-order valence-corrected chi connectivity index (χ2v) is 5.34. The maximum Gasteiger partial charge on any atom is 0.241 e. The summed E-state index contributed by atoms with van der Waals surface area (Å²) in [6, 6.07) is 1.01. The van der Waals surface area contributed by atoms with Crippen LogP contribution in [0, 0.1) is 11.6 Å². The van der Waals surface area contributed by atoms with E-state index in [0.29, 0.717) is 12.1 Å². The van der Waals surface area contributed by atoms with Crippen LogP contribution in [-0.2, 0) is 10.0 Å². The van der Waals surface area contributed by atoms with Gasteiger partial charge in [0.05, 0.1) is 5.03 Å². The van der Waals surface area contributed by atoms with Crippen molar-refractivity contribution in [1.29, 1.82) is 0 Å². The van der Waals surface area contributed by atoms with Crippen molar-refractivity contribution in [1.82, 2.24) is 0 Å². The predicted molar refractivity (Wildman–Crippen MR) is 63.0 cm³/mol. The van der Waals surface area contributed by atoms with Crippen molar-refractivity contribution >= 4 is 33.2 Å². The van der Waals surface area contributed by atoms with Crippen molar-refractivity contribution < 1.29 is 21.9 Å². The molecule has 1 rings (SSSR count). The van der Waals surface area contributed by atoms with Gasteiger partial charge in [-0.25, -0.2) is 22.3 Å². The Kier molecular flexibility index (Phi) is 4.92. The lowest BCUT2D eigenvalue weighted by Gasteiger charge is -2.10. The first kappa shape index (κ1) is 15.2. The molecule has 0 aliphatic heterocycles. The molecule has 0 amide bonds. The summed E-state index contributed by atoms with van der Waals surface area (Å²) in [4.78, 5) is -0.806. The summed E-state index contributed by atoms with van der Waals surface area (Å²) in [5.41, 5.74) is 0.958. The Bertz CT molecular complexity index is 590. The second-order valence-electron chi connectivity index (χ2n) is 3.10. The van der Waals surface area contributed by atoms with E-state index in [2.05, 4.69) is 0 Å².